The average Bonchev–Trinajstić information content (AvgIpc) is 1.59. The first-order valence-corrected chi connectivity index (χ1v) is 31.9. The lowest BCUT2D eigenvalue weighted by Crippen LogP contribution is -2.15. The van der Waals surface area contributed by atoms with Gasteiger partial charge in [-0.15, -0.1) is 0 Å². The molecule has 18 rings (SSSR count). The molecule has 436 valence electrons. The van der Waals surface area contributed by atoms with E-state index in [0.29, 0.717) is 0 Å². The molecular formula is C86H62N6. The molecule has 0 aliphatic heterocycles. The SMILES string of the molecule is CC1(C)c2ccccc2-c2ccc(-n3c4ccccc4c4cc(N(c5ccccc5)c5ccc(-c6nc7ccccc7nc6-c6ccc(N(c7ccccc7)c7ccc8c(c7)c7ccccc7n8-c7ccc8c(c7)C(C)(C)c7ccccc7-8)cc6)cc5)ccc43)cc21. The highest BCUT2D eigenvalue weighted by atomic mass is 15.1. The van der Waals surface area contributed by atoms with Gasteiger partial charge in [-0.2, -0.15) is 0 Å². The molecule has 16 aromatic rings. The molecule has 0 saturated heterocycles. The fourth-order valence-electron chi connectivity index (χ4n) is 15.4. The van der Waals surface area contributed by atoms with E-state index >= 15 is 0 Å². The number of benzene rings is 13. The van der Waals surface area contributed by atoms with E-state index in [1.165, 1.54) is 88.1 Å². The molecule has 0 fully saturated rings. The van der Waals surface area contributed by atoms with Gasteiger partial charge in [-0.25, -0.2) is 9.97 Å². The second-order valence-corrected chi connectivity index (χ2v) is 25.8. The Labute approximate surface area is 534 Å². The van der Waals surface area contributed by atoms with E-state index in [1.54, 1.807) is 0 Å². The molecule has 0 unspecified atom stereocenters. The maximum atomic E-state index is 5.41. The topological polar surface area (TPSA) is 42.1 Å². The number of aromatic nitrogens is 4. The summed E-state index contributed by atoms with van der Waals surface area (Å²) < 4.78 is 4.89. The standard InChI is InChI=1S/C86H62N6/c1-85(2)73-29-15-11-25-65(73)67-47-43-63(53-75(67)85)91-79-33-19-13-27-69(79)71-51-61(45-49-81(71)91)89(57-21-7-5-8-22-57)59-39-35-55(36-40-59)83-84(88-78-32-18-17-31-77(78)87-83)56-37-41-60(42-38-56)90(58-23-9-6-10-24-58)62-46-50-82-72(52-62)70-28-14-20-34-80(70)92(82)64-44-48-68-66-26-12-16-30-74(66)86(3,4)76(68)54-64/h5-54H,1-4H3. The maximum absolute atomic E-state index is 5.41. The normalized spacial score (nSPS) is 13.4. The molecule has 92 heavy (non-hydrogen) atoms. The van der Waals surface area contributed by atoms with Gasteiger partial charge in [-0.3, -0.25) is 0 Å². The van der Waals surface area contributed by atoms with E-state index in [1.807, 2.05) is 12.1 Å². The molecule has 0 N–H and O–H groups in total. The Morgan fingerprint density at radius 1 is 0.261 bits per heavy atom. The zero-order valence-electron chi connectivity index (χ0n) is 51.6. The van der Waals surface area contributed by atoms with Crippen molar-refractivity contribution in [2.75, 3.05) is 9.80 Å². The summed E-state index contributed by atoms with van der Waals surface area (Å²) in [6, 6.07) is 111. The summed E-state index contributed by atoms with van der Waals surface area (Å²) in [6.07, 6.45) is 0. The van der Waals surface area contributed by atoms with E-state index in [9.17, 15) is 0 Å². The molecule has 0 spiro atoms. The van der Waals surface area contributed by atoms with E-state index in [4.69, 9.17) is 9.97 Å². The Bertz CT molecular complexity index is 5290. The van der Waals surface area contributed by atoms with Crippen LogP contribution in [-0.2, 0) is 10.8 Å². The van der Waals surface area contributed by atoms with E-state index in [2.05, 4.69) is 338 Å². The molecule has 0 radical (unpaired) electrons. The molecule has 13 aromatic carbocycles. The van der Waals surface area contributed by atoms with Gasteiger partial charge in [0.15, 0.2) is 0 Å². The maximum Gasteiger partial charge on any atom is 0.0973 e. The summed E-state index contributed by atoms with van der Waals surface area (Å²) in [5.74, 6) is 0. The van der Waals surface area contributed by atoms with Crippen molar-refractivity contribution in [1.82, 2.24) is 19.1 Å². The molecule has 2 aliphatic rings. The van der Waals surface area contributed by atoms with Crippen LogP contribution in [0.25, 0.3) is 111 Å². The number of rotatable bonds is 10. The Morgan fingerprint density at radius 2 is 0.598 bits per heavy atom. The van der Waals surface area contributed by atoms with Crippen molar-refractivity contribution in [3.8, 4) is 56.1 Å². The summed E-state index contributed by atoms with van der Waals surface area (Å²) in [7, 11) is 0. The molecule has 0 bridgehead atoms. The Kier molecular flexibility index (Phi) is 11.9. The van der Waals surface area contributed by atoms with E-state index in [-0.39, 0.29) is 10.8 Å². The van der Waals surface area contributed by atoms with Gasteiger partial charge in [0.2, 0.25) is 0 Å². The van der Waals surface area contributed by atoms with Crippen LogP contribution in [0.3, 0.4) is 0 Å². The van der Waals surface area contributed by atoms with Crippen LogP contribution in [0.15, 0.2) is 303 Å². The second kappa shape index (κ2) is 20.5. The van der Waals surface area contributed by atoms with Crippen molar-refractivity contribution in [3.05, 3.63) is 326 Å². The second-order valence-electron chi connectivity index (χ2n) is 25.8. The van der Waals surface area contributed by atoms with Gasteiger partial charge >= 0.3 is 0 Å². The molecule has 6 heteroatoms. The lowest BCUT2D eigenvalue weighted by molar-refractivity contribution is 0.660. The highest BCUT2D eigenvalue weighted by Gasteiger charge is 2.37. The van der Waals surface area contributed by atoms with Crippen LogP contribution in [-0.4, -0.2) is 19.1 Å². The van der Waals surface area contributed by atoms with Gasteiger partial charge < -0.3 is 18.9 Å². The third-order valence-electron chi connectivity index (χ3n) is 19.9. The number of hydrogen-bond donors (Lipinski definition) is 0. The van der Waals surface area contributed by atoms with Crippen LogP contribution >= 0.6 is 0 Å². The molecular weight excluding hydrogens is 1120 g/mol. The zero-order valence-corrected chi connectivity index (χ0v) is 51.6. The van der Waals surface area contributed by atoms with Crippen molar-refractivity contribution < 1.29 is 0 Å². The molecule has 0 saturated carbocycles. The minimum Gasteiger partial charge on any atom is -0.310 e. The first-order chi connectivity index (χ1) is 45.1. The largest absolute Gasteiger partial charge is 0.310 e. The third-order valence-corrected chi connectivity index (χ3v) is 19.9. The van der Waals surface area contributed by atoms with Gasteiger partial charge in [-0.05, 0) is 178 Å². The third kappa shape index (κ3) is 8.20. The number of anilines is 6. The van der Waals surface area contributed by atoms with Crippen LogP contribution < -0.4 is 9.80 Å². The first kappa shape index (κ1) is 53.4. The molecule has 6 nitrogen and oxygen atoms in total. The molecule has 3 aromatic heterocycles. The number of nitrogens with zero attached hydrogens (tertiary/aromatic N) is 6. The van der Waals surface area contributed by atoms with Crippen LogP contribution in [0.1, 0.15) is 49.9 Å². The summed E-state index contributed by atoms with van der Waals surface area (Å²) in [6.45, 7) is 9.42. The monoisotopic (exact) mass is 1180 g/mol. The van der Waals surface area contributed by atoms with Gasteiger partial charge in [0.05, 0.1) is 44.5 Å². The van der Waals surface area contributed by atoms with Gasteiger partial charge in [-0.1, -0.05) is 198 Å². The van der Waals surface area contributed by atoms with Crippen LogP contribution in [0.5, 0.6) is 0 Å². The van der Waals surface area contributed by atoms with Crippen LogP contribution in [0, 0.1) is 0 Å². The van der Waals surface area contributed by atoms with Gasteiger partial charge in [0.25, 0.3) is 0 Å². The molecule has 0 atom stereocenters. The Balaban J connectivity index is 0.705. The minimum absolute atomic E-state index is 0.111. The predicted octanol–water partition coefficient (Wildman–Crippen LogP) is 22.7. The fraction of sp³-hybridized carbons (Fsp3) is 0.0698. The quantitative estimate of drug-likeness (QED) is 0.137. The number of hydrogen-bond acceptors (Lipinski definition) is 4. The lowest BCUT2D eigenvalue weighted by Gasteiger charge is -2.26. The van der Waals surface area contributed by atoms with E-state index < -0.39 is 0 Å². The summed E-state index contributed by atoms with van der Waals surface area (Å²) in [5.41, 5.74) is 29.2. The fourth-order valence-corrected chi connectivity index (χ4v) is 15.4. The highest BCUT2D eigenvalue weighted by molar-refractivity contribution is 6.12. The minimum atomic E-state index is -0.111. The zero-order chi connectivity index (χ0) is 61.4. The molecule has 0 amide bonds. The Morgan fingerprint density at radius 3 is 1.03 bits per heavy atom. The first-order valence-electron chi connectivity index (χ1n) is 31.9. The summed E-state index contributed by atoms with van der Waals surface area (Å²) in [5, 5.41) is 4.81. The molecule has 3 heterocycles. The number of para-hydroxylation sites is 6. The van der Waals surface area contributed by atoms with Crippen molar-refractivity contribution in [1.29, 1.82) is 0 Å². The van der Waals surface area contributed by atoms with Crippen molar-refractivity contribution in [2.45, 2.75) is 38.5 Å². The average molecular weight is 1180 g/mol. The Hall–Kier alpha value is -11.6. The van der Waals surface area contributed by atoms with Crippen molar-refractivity contribution in [2.24, 2.45) is 0 Å². The summed E-state index contributed by atoms with van der Waals surface area (Å²) >= 11 is 0. The van der Waals surface area contributed by atoms with Crippen molar-refractivity contribution in [3.63, 3.8) is 0 Å². The van der Waals surface area contributed by atoms with Crippen LogP contribution in [0.4, 0.5) is 34.1 Å². The smallest absolute Gasteiger partial charge is 0.0973 e. The van der Waals surface area contributed by atoms with Gasteiger partial charge in [0.1, 0.15) is 0 Å². The van der Waals surface area contributed by atoms with Gasteiger partial charge in [0, 0.05) is 89.0 Å². The molecule has 2 aliphatic carbocycles. The van der Waals surface area contributed by atoms with Crippen molar-refractivity contribution >= 4 is 88.8 Å². The lowest BCUT2D eigenvalue weighted by atomic mass is 9.82. The summed E-state index contributed by atoms with van der Waals surface area (Å²) in [4.78, 5) is 15.5. The number of fused-ring (bicyclic) bond motifs is 13. The van der Waals surface area contributed by atoms with Crippen LogP contribution in [0.2, 0.25) is 0 Å². The predicted molar refractivity (Wildman–Crippen MR) is 384 cm³/mol. The highest BCUT2D eigenvalue weighted by Crippen LogP contribution is 2.52. The van der Waals surface area contributed by atoms with E-state index in [0.717, 1.165) is 79.0 Å².